The number of anilines is 1. The number of hydrogen-bond donors (Lipinski definition) is 1. The number of aryl methyl sites for hydroxylation is 1. The van der Waals surface area contributed by atoms with Crippen molar-refractivity contribution in [1.82, 2.24) is 4.90 Å². The van der Waals surface area contributed by atoms with Crippen molar-refractivity contribution in [1.29, 1.82) is 0 Å². The minimum atomic E-state index is -0.591. The van der Waals surface area contributed by atoms with E-state index in [0.717, 1.165) is 54.5 Å². The lowest BCUT2D eigenvalue weighted by atomic mass is 9.84. The van der Waals surface area contributed by atoms with Gasteiger partial charge in [0, 0.05) is 31.4 Å². The fourth-order valence-corrected chi connectivity index (χ4v) is 5.36. The Morgan fingerprint density at radius 2 is 1.60 bits per heavy atom. The lowest BCUT2D eigenvalue weighted by Gasteiger charge is -2.35. The molecule has 35 heavy (non-hydrogen) atoms. The van der Waals surface area contributed by atoms with Crippen LogP contribution in [0.4, 0.5) is 5.69 Å². The summed E-state index contributed by atoms with van der Waals surface area (Å²) in [5, 5.41) is 11.6. The maximum atomic E-state index is 13.5. The van der Waals surface area contributed by atoms with E-state index >= 15 is 0 Å². The molecule has 1 saturated heterocycles. The van der Waals surface area contributed by atoms with Crippen LogP contribution in [0, 0.1) is 6.92 Å². The third-order valence-electron chi connectivity index (χ3n) is 7.53. The number of carbonyl (C=O) groups excluding carboxylic acids is 2. The molecule has 0 bridgehead atoms. The molecule has 2 aromatic carbocycles. The summed E-state index contributed by atoms with van der Waals surface area (Å²) in [7, 11) is 3.96. The van der Waals surface area contributed by atoms with Crippen LogP contribution < -0.4 is 4.90 Å². The Kier molecular flexibility index (Phi) is 6.81. The van der Waals surface area contributed by atoms with E-state index in [2.05, 4.69) is 26.8 Å². The van der Waals surface area contributed by atoms with E-state index in [1.807, 2.05) is 62.3 Å². The van der Waals surface area contributed by atoms with E-state index < -0.39 is 17.7 Å². The van der Waals surface area contributed by atoms with Gasteiger partial charge in [-0.1, -0.05) is 64.3 Å². The number of nitrogens with zero attached hydrogens (tertiary/aromatic N) is 2. The molecule has 1 heterocycles. The molecule has 1 aliphatic heterocycles. The second-order valence-corrected chi connectivity index (χ2v) is 11.3. The van der Waals surface area contributed by atoms with Gasteiger partial charge in [0.2, 0.25) is 0 Å². The van der Waals surface area contributed by atoms with Crippen molar-refractivity contribution in [3.63, 3.8) is 0 Å². The Balaban J connectivity index is 1.90. The number of carbonyl (C=O) groups is 2. The van der Waals surface area contributed by atoms with Crippen LogP contribution >= 0.6 is 0 Å². The molecular formula is C30H38N2O3. The monoisotopic (exact) mass is 474 g/mol. The molecule has 4 rings (SSSR count). The second-order valence-electron chi connectivity index (χ2n) is 11.3. The van der Waals surface area contributed by atoms with E-state index in [0.29, 0.717) is 5.56 Å². The zero-order chi connectivity index (χ0) is 25.5. The van der Waals surface area contributed by atoms with Crippen LogP contribution in [0.5, 0.6) is 0 Å². The molecule has 1 atom stereocenters. The SMILES string of the molecule is Cc1ccc(C(C)(C)C)cc1/C(O)=C1\C(=O)C(=O)N(C2CCCCC2)C1c1ccc(N(C)C)cc1. The molecule has 1 saturated carbocycles. The normalized spacial score (nSPS) is 21.0. The summed E-state index contributed by atoms with van der Waals surface area (Å²) >= 11 is 0. The first-order valence-electron chi connectivity index (χ1n) is 12.7. The molecule has 2 aliphatic rings. The first-order chi connectivity index (χ1) is 16.5. The van der Waals surface area contributed by atoms with Gasteiger partial charge in [0.1, 0.15) is 5.76 Å². The molecule has 5 nitrogen and oxygen atoms in total. The lowest BCUT2D eigenvalue weighted by molar-refractivity contribution is -0.141. The third kappa shape index (κ3) is 4.73. The van der Waals surface area contributed by atoms with Gasteiger partial charge in [0.05, 0.1) is 11.6 Å². The standard InChI is InChI=1S/C30H38N2O3/c1-19-12-15-21(30(2,3)4)18-24(19)27(33)25-26(20-13-16-22(17-14-20)31(5)6)32(29(35)28(25)34)23-10-8-7-9-11-23/h12-18,23,26,33H,7-11H2,1-6H3/b27-25+. The first kappa shape index (κ1) is 25.0. The van der Waals surface area contributed by atoms with Crippen molar-refractivity contribution in [2.24, 2.45) is 0 Å². The van der Waals surface area contributed by atoms with Gasteiger partial charge in [-0.25, -0.2) is 0 Å². The topological polar surface area (TPSA) is 60.9 Å². The quantitative estimate of drug-likeness (QED) is 0.330. The van der Waals surface area contributed by atoms with Crippen molar-refractivity contribution < 1.29 is 14.7 Å². The van der Waals surface area contributed by atoms with Crippen LogP contribution in [-0.4, -0.2) is 41.8 Å². The van der Waals surface area contributed by atoms with Gasteiger partial charge in [-0.3, -0.25) is 9.59 Å². The molecule has 2 aromatic rings. The van der Waals surface area contributed by atoms with Crippen LogP contribution in [-0.2, 0) is 15.0 Å². The first-order valence-corrected chi connectivity index (χ1v) is 12.7. The van der Waals surface area contributed by atoms with Crippen LogP contribution in [0.2, 0.25) is 0 Å². The molecule has 1 amide bonds. The zero-order valence-corrected chi connectivity index (χ0v) is 21.9. The molecule has 1 aliphatic carbocycles. The van der Waals surface area contributed by atoms with Crippen molar-refractivity contribution in [3.05, 3.63) is 70.3 Å². The van der Waals surface area contributed by atoms with Crippen molar-refractivity contribution in [2.75, 3.05) is 19.0 Å². The number of ketones is 1. The Bertz CT molecular complexity index is 1150. The van der Waals surface area contributed by atoms with E-state index in [9.17, 15) is 14.7 Å². The number of hydrogen-bond acceptors (Lipinski definition) is 4. The Morgan fingerprint density at radius 3 is 2.17 bits per heavy atom. The summed E-state index contributed by atoms with van der Waals surface area (Å²) in [5.74, 6) is -1.16. The maximum Gasteiger partial charge on any atom is 0.295 e. The molecular weight excluding hydrogens is 436 g/mol. The fourth-order valence-electron chi connectivity index (χ4n) is 5.36. The van der Waals surface area contributed by atoms with E-state index in [1.165, 1.54) is 0 Å². The Labute approximate surface area is 209 Å². The molecule has 0 radical (unpaired) electrons. The van der Waals surface area contributed by atoms with Crippen molar-refractivity contribution in [3.8, 4) is 0 Å². The number of likely N-dealkylation sites (tertiary alicyclic amines) is 1. The summed E-state index contributed by atoms with van der Waals surface area (Å²) in [6.07, 6.45) is 5.02. The van der Waals surface area contributed by atoms with Gasteiger partial charge in [-0.2, -0.15) is 0 Å². The average Bonchev–Trinajstić information content (AvgIpc) is 3.09. The number of rotatable bonds is 4. The highest BCUT2D eigenvalue weighted by atomic mass is 16.3. The van der Waals surface area contributed by atoms with Crippen LogP contribution in [0.1, 0.15) is 81.2 Å². The molecule has 1 N–H and O–H groups in total. The van der Waals surface area contributed by atoms with E-state index in [4.69, 9.17) is 0 Å². The highest BCUT2D eigenvalue weighted by molar-refractivity contribution is 6.46. The highest BCUT2D eigenvalue weighted by Gasteiger charge is 2.49. The molecule has 186 valence electrons. The molecule has 0 aromatic heterocycles. The fraction of sp³-hybridized carbons (Fsp3) is 0.467. The predicted octanol–water partition coefficient (Wildman–Crippen LogP) is 6.11. The minimum absolute atomic E-state index is 0.00558. The summed E-state index contributed by atoms with van der Waals surface area (Å²) in [5.41, 5.74) is 4.54. The van der Waals surface area contributed by atoms with Gasteiger partial charge in [-0.05, 0) is 60.1 Å². The lowest BCUT2D eigenvalue weighted by Crippen LogP contribution is -2.40. The van der Waals surface area contributed by atoms with Crippen LogP contribution in [0.15, 0.2) is 48.0 Å². The number of aliphatic hydroxyl groups excluding tert-OH is 1. The molecule has 2 fully saturated rings. The highest BCUT2D eigenvalue weighted by Crippen LogP contribution is 2.44. The summed E-state index contributed by atoms with van der Waals surface area (Å²) < 4.78 is 0. The van der Waals surface area contributed by atoms with Gasteiger partial charge in [0.25, 0.3) is 11.7 Å². The van der Waals surface area contributed by atoms with Crippen molar-refractivity contribution in [2.45, 2.75) is 77.3 Å². The number of amides is 1. The maximum absolute atomic E-state index is 13.5. The molecule has 1 unspecified atom stereocenters. The average molecular weight is 475 g/mol. The van der Waals surface area contributed by atoms with Crippen molar-refractivity contribution >= 4 is 23.1 Å². The largest absolute Gasteiger partial charge is 0.507 e. The van der Waals surface area contributed by atoms with Crippen LogP contribution in [0.25, 0.3) is 5.76 Å². The van der Waals surface area contributed by atoms with Gasteiger partial charge >= 0.3 is 0 Å². The van der Waals surface area contributed by atoms with E-state index in [1.54, 1.807) is 4.90 Å². The summed E-state index contributed by atoms with van der Waals surface area (Å²) in [6.45, 7) is 8.29. The predicted molar refractivity (Wildman–Crippen MR) is 142 cm³/mol. The number of aliphatic hydroxyl groups is 1. The smallest absolute Gasteiger partial charge is 0.295 e. The number of benzene rings is 2. The van der Waals surface area contributed by atoms with E-state index in [-0.39, 0.29) is 22.8 Å². The second kappa shape index (κ2) is 9.52. The zero-order valence-electron chi connectivity index (χ0n) is 21.9. The molecule has 0 spiro atoms. The van der Waals surface area contributed by atoms with Gasteiger partial charge in [-0.15, -0.1) is 0 Å². The van der Waals surface area contributed by atoms with Crippen LogP contribution in [0.3, 0.4) is 0 Å². The minimum Gasteiger partial charge on any atom is -0.507 e. The Morgan fingerprint density at radius 1 is 0.971 bits per heavy atom. The van der Waals surface area contributed by atoms with Gasteiger partial charge in [0.15, 0.2) is 0 Å². The third-order valence-corrected chi connectivity index (χ3v) is 7.53. The summed E-state index contributed by atoms with van der Waals surface area (Å²) in [4.78, 5) is 30.7. The number of Topliss-reactive ketones (excluding diaryl/α,β-unsaturated/α-hetero) is 1. The Hall–Kier alpha value is -3.08. The summed E-state index contributed by atoms with van der Waals surface area (Å²) in [6, 6.07) is 13.4. The van der Waals surface area contributed by atoms with Gasteiger partial charge < -0.3 is 14.9 Å². The molecule has 5 heteroatoms.